The van der Waals surface area contributed by atoms with Gasteiger partial charge in [-0.3, -0.25) is 4.79 Å². The first-order valence-electron chi connectivity index (χ1n) is 10.2. The third-order valence-electron chi connectivity index (χ3n) is 4.38. The van der Waals surface area contributed by atoms with E-state index in [4.69, 9.17) is 14.2 Å². The van der Waals surface area contributed by atoms with Crippen LogP contribution < -0.4 is 15.4 Å². The van der Waals surface area contributed by atoms with E-state index < -0.39 is 0 Å². The summed E-state index contributed by atoms with van der Waals surface area (Å²) >= 11 is 0. The van der Waals surface area contributed by atoms with Gasteiger partial charge in [0.1, 0.15) is 5.75 Å². The number of aliphatic imine (C=N–C) groups is 1. The van der Waals surface area contributed by atoms with Gasteiger partial charge in [0.15, 0.2) is 12.6 Å². The van der Waals surface area contributed by atoms with Crippen LogP contribution in [-0.2, 0) is 20.8 Å². The van der Waals surface area contributed by atoms with Gasteiger partial charge in [-0.2, -0.15) is 0 Å². The molecule has 170 valence electrons. The maximum absolute atomic E-state index is 11.7. The maximum Gasteiger partial charge on any atom is 0.259 e. The number of ether oxygens (including phenoxy) is 3. The van der Waals surface area contributed by atoms with Crippen molar-refractivity contribution in [1.29, 1.82) is 0 Å². The van der Waals surface area contributed by atoms with Crippen LogP contribution in [0.2, 0.25) is 0 Å². The van der Waals surface area contributed by atoms with E-state index in [0.29, 0.717) is 25.5 Å². The molecule has 1 heterocycles. The van der Waals surface area contributed by atoms with Crippen molar-refractivity contribution in [3.05, 3.63) is 29.8 Å². The fraction of sp³-hybridized carbons (Fsp3) is 0.619. The zero-order valence-electron chi connectivity index (χ0n) is 18.2. The Balaban J connectivity index is 0.00000450. The normalized spacial score (nSPS) is 16.0. The lowest BCUT2D eigenvalue weighted by Gasteiger charge is -2.13. The molecule has 1 fully saturated rings. The Morgan fingerprint density at radius 3 is 2.87 bits per heavy atom. The molecular formula is C21H35IN4O4. The van der Waals surface area contributed by atoms with Crippen LogP contribution >= 0.6 is 24.0 Å². The van der Waals surface area contributed by atoms with Crippen molar-refractivity contribution in [3.63, 3.8) is 0 Å². The molecule has 1 aromatic carbocycles. The van der Waals surface area contributed by atoms with Gasteiger partial charge in [-0.25, -0.2) is 4.99 Å². The fourth-order valence-corrected chi connectivity index (χ4v) is 2.69. The molecule has 1 aliphatic heterocycles. The smallest absolute Gasteiger partial charge is 0.259 e. The molecule has 0 aromatic heterocycles. The van der Waals surface area contributed by atoms with Crippen molar-refractivity contribution in [3.8, 4) is 5.75 Å². The lowest BCUT2D eigenvalue weighted by Crippen LogP contribution is -2.38. The van der Waals surface area contributed by atoms with Crippen molar-refractivity contribution in [2.75, 3.05) is 53.6 Å². The largest absolute Gasteiger partial charge is 0.484 e. The van der Waals surface area contributed by atoms with Crippen molar-refractivity contribution >= 4 is 35.8 Å². The number of likely N-dealkylation sites (N-methyl/N-ethyl adjacent to an activating group) is 1. The first-order chi connectivity index (χ1) is 14.1. The topological polar surface area (TPSA) is 84.4 Å². The molecule has 0 aliphatic carbocycles. The van der Waals surface area contributed by atoms with Crippen LogP contribution in [-0.4, -0.2) is 76.5 Å². The molecule has 1 aliphatic rings. The van der Waals surface area contributed by atoms with E-state index in [9.17, 15) is 4.79 Å². The fourth-order valence-electron chi connectivity index (χ4n) is 2.69. The van der Waals surface area contributed by atoms with Gasteiger partial charge in [0.05, 0.1) is 19.3 Å². The average Bonchev–Trinajstić information content (AvgIpc) is 3.23. The number of amides is 1. The van der Waals surface area contributed by atoms with Crippen LogP contribution in [0.1, 0.15) is 25.3 Å². The van der Waals surface area contributed by atoms with Crippen molar-refractivity contribution in [2.24, 2.45) is 4.99 Å². The molecule has 9 heteroatoms. The number of carbonyl (C=O) groups is 1. The monoisotopic (exact) mass is 534 g/mol. The number of benzene rings is 1. The summed E-state index contributed by atoms with van der Waals surface area (Å²) in [5, 5.41) is 6.58. The lowest BCUT2D eigenvalue weighted by molar-refractivity contribution is -0.130. The molecule has 1 atom stereocenters. The Labute approximate surface area is 196 Å². The molecule has 0 radical (unpaired) electrons. The van der Waals surface area contributed by atoms with Gasteiger partial charge in [0.2, 0.25) is 0 Å². The quantitative estimate of drug-likeness (QED) is 0.196. The summed E-state index contributed by atoms with van der Waals surface area (Å²) in [4.78, 5) is 17.8. The Morgan fingerprint density at radius 1 is 1.33 bits per heavy atom. The Hall–Kier alpha value is -1.59. The van der Waals surface area contributed by atoms with E-state index in [0.717, 1.165) is 44.1 Å². The molecule has 0 bridgehead atoms. The van der Waals surface area contributed by atoms with E-state index in [1.165, 1.54) is 4.90 Å². The highest BCUT2D eigenvalue weighted by Crippen LogP contribution is 2.14. The minimum atomic E-state index is -0.0727. The first kappa shape index (κ1) is 26.4. The lowest BCUT2D eigenvalue weighted by atomic mass is 10.2. The van der Waals surface area contributed by atoms with Gasteiger partial charge in [-0.15, -0.1) is 24.0 Å². The van der Waals surface area contributed by atoms with Crippen LogP contribution in [0.15, 0.2) is 29.3 Å². The summed E-state index contributed by atoms with van der Waals surface area (Å²) in [6, 6.07) is 7.65. The number of guanidine groups is 1. The molecule has 1 saturated heterocycles. The van der Waals surface area contributed by atoms with E-state index in [2.05, 4.69) is 15.6 Å². The van der Waals surface area contributed by atoms with Crippen molar-refractivity contribution in [1.82, 2.24) is 15.5 Å². The molecular weight excluding hydrogens is 499 g/mol. The van der Waals surface area contributed by atoms with Gasteiger partial charge in [-0.05, 0) is 37.5 Å². The average molecular weight is 534 g/mol. The molecule has 2 N–H and O–H groups in total. The number of halogens is 1. The number of rotatable bonds is 11. The molecule has 1 unspecified atom stereocenters. The molecule has 0 spiro atoms. The summed E-state index contributed by atoms with van der Waals surface area (Å²) in [5.41, 5.74) is 1.02. The van der Waals surface area contributed by atoms with Gasteiger partial charge >= 0.3 is 0 Å². The number of hydrogen-bond donors (Lipinski definition) is 2. The van der Waals surface area contributed by atoms with E-state index >= 15 is 0 Å². The third-order valence-corrected chi connectivity index (χ3v) is 4.38. The number of carbonyl (C=O) groups excluding carboxylic acids is 1. The minimum absolute atomic E-state index is 0. The highest BCUT2D eigenvalue weighted by molar-refractivity contribution is 14.0. The summed E-state index contributed by atoms with van der Waals surface area (Å²) in [6.45, 7) is 6.39. The highest BCUT2D eigenvalue weighted by Gasteiger charge is 2.15. The van der Waals surface area contributed by atoms with E-state index in [1.54, 1.807) is 14.1 Å². The summed E-state index contributed by atoms with van der Waals surface area (Å²) < 4.78 is 16.6. The predicted octanol–water partition coefficient (Wildman–Crippen LogP) is 2.02. The van der Waals surface area contributed by atoms with Crippen LogP contribution in [0.4, 0.5) is 0 Å². The zero-order valence-corrected chi connectivity index (χ0v) is 20.5. The second-order valence-electron chi connectivity index (χ2n) is 7.06. The second kappa shape index (κ2) is 15.2. The van der Waals surface area contributed by atoms with Crippen molar-refractivity contribution < 1.29 is 19.0 Å². The molecule has 30 heavy (non-hydrogen) atoms. The van der Waals surface area contributed by atoms with Crippen LogP contribution in [0, 0.1) is 0 Å². The first-order valence-corrected chi connectivity index (χ1v) is 10.2. The van der Waals surface area contributed by atoms with Crippen LogP contribution in [0.25, 0.3) is 0 Å². The van der Waals surface area contributed by atoms with Crippen LogP contribution in [0.5, 0.6) is 5.75 Å². The van der Waals surface area contributed by atoms with E-state index in [-0.39, 0.29) is 42.6 Å². The van der Waals surface area contributed by atoms with Gasteiger partial charge in [-0.1, -0.05) is 12.1 Å². The number of nitrogens with zero attached hydrogens (tertiary/aromatic N) is 2. The molecule has 1 amide bonds. The van der Waals surface area contributed by atoms with Gasteiger partial charge in [0.25, 0.3) is 5.91 Å². The molecule has 0 saturated carbocycles. The Kier molecular flexibility index (Phi) is 13.4. The Morgan fingerprint density at radius 2 is 2.17 bits per heavy atom. The summed E-state index contributed by atoms with van der Waals surface area (Å²) in [6.07, 6.45) is 2.15. The Bertz CT molecular complexity index is 652. The second-order valence-corrected chi connectivity index (χ2v) is 7.06. The van der Waals surface area contributed by atoms with Gasteiger partial charge < -0.3 is 29.7 Å². The molecule has 1 aromatic rings. The van der Waals surface area contributed by atoms with Gasteiger partial charge in [0, 0.05) is 40.4 Å². The van der Waals surface area contributed by atoms with E-state index in [1.807, 2.05) is 31.2 Å². The standard InChI is InChI=1S/C21H34N4O4.HI/c1-4-22-21(23-10-6-11-28-19-9-12-27-15-19)24-14-17-7-5-8-18(13-17)29-16-20(26)25(2)3;/h5,7-8,13,19H,4,6,9-12,14-16H2,1-3H3,(H2,22,23,24);1H. The zero-order chi connectivity index (χ0) is 20.9. The maximum atomic E-state index is 11.7. The molecule has 2 rings (SSSR count). The minimum Gasteiger partial charge on any atom is -0.484 e. The van der Waals surface area contributed by atoms with Crippen molar-refractivity contribution in [2.45, 2.75) is 32.4 Å². The molecule has 8 nitrogen and oxygen atoms in total. The van der Waals surface area contributed by atoms with Crippen LogP contribution in [0.3, 0.4) is 0 Å². The summed E-state index contributed by atoms with van der Waals surface area (Å²) in [5.74, 6) is 1.36. The predicted molar refractivity (Wildman–Crippen MR) is 129 cm³/mol. The number of nitrogens with one attached hydrogen (secondary N) is 2. The highest BCUT2D eigenvalue weighted by atomic mass is 127. The summed E-state index contributed by atoms with van der Waals surface area (Å²) in [7, 11) is 3.42. The third kappa shape index (κ3) is 10.4. The SMILES string of the molecule is CCNC(=NCc1cccc(OCC(=O)N(C)C)c1)NCCCOC1CCOC1.I. The number of hydrogen-bond acceptors (Lipinski definition) is 5.